The molecule has 20 heavy (non-hydrogen) atoms. The molecule has 2 rings (SSSR count). The molecular weight excluding hydrogens is 256 g/mol. The van der Waals surface area contributed by atoms with Gasteiger partial charge in [0.1, 0.15) is 0 Å². The number of carbonyl (C=O) groups is 2. The van der Waals surface area contributed by atoms with Gasteiger partial charge in [-0.3, -0.25) is 9.59 Å². The summed E-state index contributed by atoms with van der Waals surface area (Å²) >= 11 is 0. The molecule has 1 aliphatic rings. The Morgan fingerprint density at radius 1 is 1.20 bits per heavy atom. The number of aryl methyl sites for hydroxylation is 1. The fraction of sp³-hybridized carbons (Fsp3) is 0.467. The average molecular weight is 276 g/mol. The van der Waals surface area contributed by atoms with E-state index in [1.165, 1.54) is 0 Å². The molecule has 1 N–H and O–H groups in total. The van der Waals surface area contributed by atoms with Crippen LogP contribution < -0.4 is 5.32 Å². The van der Waals surface area contributed by atoms with Gasteiger partial charge in [-0.05, 0) is 32.4 Å². The second kappa shape index (κ2) is 6.05. The number of benzene rings is 1. The zero-order valence-electron chi connectivity index (χ0n) is 12.1. The molecule has 0 bridgehead atoms. The molecular formula is C15H20N2O3. The largest absolute Gasteiger partial charge is 0.372 e. The van der Waals surface area contributed by atoms with Crippen molar-refractivity contribution in [2.75, 3.05) is 18.4 Å². The second-order valence-corrected chi connectivity index (χ2v) is 5.24. The van der Waals surface area contributed by atoms with Crippen LogP contribution in [-0.4, -0.2) is 42.0 Å². The van der Waals surface area contributed by atoms with E-state index in [0.717, 1.165) is 5.56 Å². The van der Waals surface area contributed by atoms with E-state index in [0.29, 0.717) is 18.8 Å². The lowest BCUT2D eigenvalue weighted by atomic mass is 10.2. The predicted octanol–water partition coefficient (Wildman–Crippen LogP) is 1.57. The summed E-state index contributed by atoms with van der Waals surface area (Å²) in [5.41, 5.74) is 1.59. The fourth-order valence-corrected chi connectivity index (χ4v) is 2.38. The van der Waals surface area contributed by atoms with Gasteiger partial charge in [-0.2, -0.15) is 0 Å². The van der Waals surface area contributed by atoms with Crippen LogP contribution in [0.15, 0.2) is 24.3 Å². The number of nitrogens with one attached hydrogen (secondary N) is 1. The minimum Gasteiger partial charge on any atom is -0.372 e. The van der Waals surface area contributed by atoms with E-state index in [9.17, 15) is 9.59 Å². The molecule has 2 atom stereocenters. The van der Waals surface area contributed by atoms with E-state index in [1.54, 1.807) is 11.0 Å². The van der Waals surface area contributed by atoms with Crippen molar-refractivity contribution >= 4 is 17.5 Å². The first-order valence-corrected chi connectivity index (χ1v) is 6.78. The minimum atomic E-state index is -0.597. The van der Waals surface area contributed by atoms with Crippen LogP contribution >= 0.6 is 0 Å². The number of rotatable bonds is 1. The third-order valence-electron chi connectivity index (χ3n) is 3.29. The van der Waals surface area contributed by atoms with Crippen molar-refractivity contribution in [3.8, 4) is 0 Å². The maximum absolute atomic E-state index is 12.2. The molecule has 1 aromatic carbocycles. The zero-order valence-corrected chi connectivity index (χ0v) is 12.1. The highest BCUT2D eigenvalue weighted by atomic mass is 16.5. The van der Waals surface area contributed by atoms with Gasteiger partial charge >= 0.3 is 11.8 Å². The first-order chi connectivity index (χ1) is 9.47. The molecule has 2 amide bonds. The maximum Gasteiger partial charge on any atom is 0.313 e. The fourth-order valence-electron chi connectivity index (χ4n) is 2.38. The van der Waals surface area contributed by atoms with Crippen LogP contribution in [0.3, 0.4) is 0 Å². The Morgan fingerprint density at radius 3 is 2.40 bits per heavy atom. The van der Waals surface area contributed by atoms with Crippen LogP contribution in [-0.2, 0) is 14.3 Å². The summed E-state index contributed by atoms with van der Waals surface area (Å²) in [6, 6.07) is 7.38. The Morgan fingerprint density at radius 2 is 1.80 bits per heavy atom. The molecule has 0 aromatic heterocycles. The highest BCUT2D eigenvalue weighted by molar-refractivity contribution is 6.39. The van der Waals surface area contributed by atoms with Crippen molar-refractivity contribution in [3.05, 3.63) is 29.8 Å². The van der Waals surface area contributed by atoms with Crippen molar-refractivity contribution in [3.63, 3.8) is 0 Å². The lowest BCUT2D eigenvalue weighted by Gasteiger charge is -2.34. The highest BCUT2D eigenvalue weighted by Gasteiger charge is 2.29. The zero-order chi connectivity index (χ0) is 14.7. The van der Waals surface area contributed by atoms with Crippen LogP contribution in [0.4, 0.5) is 5.69 Å². The van der Waals surface area contributed by atoms with Gasteiger partial charge in [0.25, 0.3) is 0 Å². The molecule has 5 nitrogen and oxygen atoms in total. The highest BCUT2D eigenvalue weighted by Crippen LogP contribution is 2.15. The van der Waals surface area contributed by atoms with Crippen LogP contribution in [0.5, 0.6) is 0 Å². The van der Waals surface area contributed by atoms with Crippen molar-refractivity contribution < 1.29 is 14.3 Å². The lowest BCUT2D eigenvalue weighted by Crippen LogP contribution is -2.51. The first-order valence-electron chi connectivity index (χ1n) is 6.78. The molecule has 0 saturated carbocycles. The number of ether oxygens (including phenoxy) is 1. The van der Waals surface area contributed by atoms with Crippen molar-refractivity contribution in [1.29, 1.82) is 0 Å². The number of para-hydroxylation sites is 1. The molecule has 1 saturated heterocycles. The number of nitrogens with zero attached hydrogens (tertiary/aromatic N) is 1. The third-order valence-corrected chi connectivity index (χ3v) is 3.29. The molecule has 108 valence electrons. The number of hydrogen-bond donors (Lipinski definition) is 1. The van der Waals surface area contributed by atoms with Crippen molar-refractivity contribution in [2.24, 2.45) is 0 Å². The molecule has 1 aromatic rings. The normalized spacial score (nSPS) is 22.4. The van der Waals surface area contributed by atoms with E-state index >= 15 is 0 Å². The number of morpholine rings is 1. The summed E-state index contributed by atoms with van der Waals surface area (Å²) in [5.74, 6) is -1.10. The molecule has 1 heterocycles. The molecule has 0 aliphatic carbocycles. The maximum atomic E-state index is 12.2. The lowest BCUT2D eigenvalue weighted by molar-refractivity contribution is -0.151. The van der Waals surface area contributed by atoms with Crippen LogP contribution in [0.2, 0.25) is 0 Å². The smallest absolute Gasteiger partial charge is 0.313 e. The quantitative estimate of drug-likeness (QED) is 0.792. The summed E-state index contributed by atoms with van der Waals surface area (Å²) in [7, 11) is 0. The number of hydrogen-bond acceptors (Lipinski definition) is 3. The van der Waals surface area contributed by atoms with Crippen LogP contribution in [0, 0.1) is 6.92 Å². The van der Waals surface area contributed by atoms with Gasteiger partial charge < -0.3 is 15.0 Å². The van der Waals surface area contributed by atoms with E-state index in [4.69, 9.17) is 4.74 Å². The topological polar surface area (TPSA) is 58.6 Å². The van der Waals surface area contributed by atoms with Gasteiger partial charge in [-0.25, -0.2) is 0 Å². The third kappa shape index (κ3) is 3.36. The van der Waals surface area contributed by atoms with E-state index < -0.39 is 11.8 Å². The van der Waals surface area contributed by atoms with Gasteiger partial charge in [0.15, 0.2) is 0 Å². The Kier molecular flexibility index (Phi) is 4.39. The first kappa shape index (κ1) is 14.5. The summed E-state index contributed by atoms with van der Waals surface area (Å²) < 4.78 is 5.56. The summed E-state index contributed by atoms with van der Waals surface area (Å²) in [6.45, 7) is 6.58. The van der Waals surface area contributed by atoms with Crippen LogP contribution in [0.1, 0.15) is 19.4 Å². The van der Waals surface area contributed by atoms with Crippen molar-refractivity contribution in [2.45, 2.75) is 33.0 Å². The van der Waals surface area contributed by atoms with Gasteiger partial charge in [0.2, 0.25) is 0 Å². The predicted molar refractivity (Wildman–Crippen MR) is 76.4 cm³/mol. The molecule has 2 unspecified atom stereocenters. The summed E-state index contributed by atoms with van der Waals surface area (Å²) in [6.07, 6.45) is -0.0945. The molecule has 5 heteroatoms. The summed E-state index contributed by atoms with van der Waals surface area (Å²) in [4.78, 5) is 25.7. The summed E-state index contributed by atoms with van der Waals surface area (Å²) in [5, 5.41) is 2.67. The Bertz CT molecular complexity index is 506. The average Bonchev–Trinajstić information content (AvgIpc) is 2.39. The van der Waals surface area contributed by atoms with Gasteiger partial charge in [0.05, 0.1) is 12.2 Å². The van der Waals surface area contributed by atoms with E-state index in [1.807, 2.05) is 39.0 Å². The van der Waals surface area contributed by atoms with Crippen molar-refractivity contribution in [1.82, 2.24) is 4.90 Å². The number of anilines is 1. The SMILES string of the molecule is Cc1ccccc1NC(=O)C(=O)N1CC(C)OC(C)C1. The Labute approximate surface area is 118 Å². The molecule has 1 fully saturated rings. The number of carbonyl (C=O) groups excluding carboxylic acids is 2. The molecule has 0 spiro atoms. The van der Waals surface area contributed by atoms with Gasteiger partial charge in [-0.1, -0.05) is 18.2 Å². The second-order valence-electron chi connectivity index (χ2n) is 5.24. The van der Waals surface area contributed by atoms with E-state index in [2.05, 4.69) is 5.32 Å². The Hall–Kier alpha value is -1.88. The standard InChI is InChI=1S/C15H20N2O3/c1-10-6-4-5-7-13(10)16-14(18)15(19)17-8-11(2)20-12(3)9-17/h4-7,11-12H,8-9H2,1-3H3,(H,16,18). The number of amides is 2. The monoisotopic (exact) mass is 276 g/mol. The molecule has 1 aliphatic heterocycles. The minimum absolute atomic E-state index is 0.0473. The Balaban J connectivity index is 2.02. The van der Waals surface area contributed by atoms with Crippen LogP contribution in [0.25, 0.3) is 0 Å². The van der Waals surface area contributed by atoms with Gasteiger partial charge in [-0.15, -0.1) is 0 Å². The molecule has 0 radical (unpaired) electrons. The van der Waals surface area contributed by atoms with Gasteiger partial charge in [0, 0.05) is 18.8 Å². The van der Waals surface area contributed by atoms with E-state index in [-0.39, 0.29) is 12.2 Å².